The Bertz CT molecular complexity index is 93.6. The maximum absolute atomic E-state index is 6.01. The first kappa shape index (κ1) is 10.4. The molecule has 0 rings (SSSR count). The molecule has 0 saturated carbocycles. The Kier molecular flexibility index (Phi) is 4.48. The van der Waals surface area contributed by atoms with Gasteiger partial charge in [0.2, 0.25) is 0 Å². The standard InChI is InChI=1S/C7H20OSi2/c1-6-9(3)8-10(4,5)7-2/h9H,6-7H2,1-5H3. The molecular formula is C7H20OSi2. The molecule has 0 aliphatic rings. The molecule has 0 radical (unpaired) electrons. The predicted octanol–water partition coefficient (Wildman–Crippen LogP) is 2.60. The predicted molar refractivity (Wildman–Crippen MR) is 52.5 cm³/mol. The molecule has 1 unspecified atom stereocenters. The van der Waals surface area contributed by atoms with E-state index in [0.29, 0.717) is 0 Å². The summed E-state index contributed by atoms with van der Waals surface area (Å²) in [6.07, 6.45) is 0. The second-order valence-electron chi connectivity index (χ2n) is 3.45. The summed E-state index contributed by atoms with van der Waals surface area (Å²) < 4.78 is 6.01. The number of rotatable bonds is 4. The molecule has 0 N–H and O–H groups in total. The third-order valence-electron chi connectivity index (χ3n) is 1.95. The van der Waals surface area contributed by atoms with Crippen LogP contribution in [0.25, 0.3) is 0 Å². The van der Waals surface area contributed by atoms with Gasteiger partial charge in [-0.2, -0.15) is 0 Å². The van der Waals surface area contributed by atoms with E-state index in [1.165, 1.54) is 12.1 Å². The summed E-state index contributed by atoms with van der Waals surface area (Å²) in [5.74, 6) is 0. The Morgan fingerprint density at radius 2 is 1.80 bits per heavy atom. The molecule has 0 amide bonds. The molecule has 0 aromatic rings. The van der Waals surface area contributed by atoms with Crippen LogP contribution in [0.15, 0.2) is 0 Å². The molecule has 0 aliphatic heterocycles. The Hall–Kier alpha value is 0.394. The zero-order chi connectivity index (χ0) is 8.20. The highest BCUT2D eigenvalue weighted by Gasteiger charge is 2.21. The van der Waals surface area contributed by atoms with Crippen LogP contribution in [-0.2, 0) is 4.12 Å². The molecule has 0 heterocycles. The molecule has 0 aromatic heterocycles. The third-order valence-corrected chi connectivity index (χ3v) is 8.96. The van der Waals surface area contributed by atoms with E-state index in [2.05, 4.69) is 33.5 Å². The summed E-state index contributed by atoms with van der Waals surface area (Å²) in [5.41, 5.74) is 0. The lowest BCUT2D eigenvalue weighted by atomic mass is 11.0. The lowest BCUT2D eigenvalue weighted by Crippen LogP contribution is -2.35. The Labute approximate surface area is 67.6 Å². The second-order valence-corrected chi connectivity index (χ2v) is 11.1. The fourth-order valence-corrected chi connectivity index (χ4v) is 6.40. The molecule has 0 saturated heterocycles. The van der Waals surface area contributed by atoms with Gasteiger partial charge in [-0.3, -0.25) is 0 Å². The second kappa shape index (κ2) is 4.31. The van der Waals surface area contributed by atoms with Gasteiger partial charge < -0.3 is 4.12 Å². The fraction of sp³-hybridized carbons (Fsp3) is 1.00. The molecule has 1 nitrogen and oxygen atoms in total. The summed E-state index contributed by atoms with van der Waals surface area (Å²) in [6, 6.07) is 2.53. The van der Waals surface area contributed by atoms with E-state index in [0.717, 1.165) is 0 Å². The molecule has 1 atom stereocenters. The highest BCUT2D eigenvalue weighted by Crippen LogP contribution is 2.12. The maximum atomic E-state index is 6.01. The average Bonchev–Trinajstić information content (AvgIpc) is 1.87. The highest BCUT2D eigenvalue weighted by atomic mass is 28.4. The van der Waals surface area contributed by atoms with Gasteiger partial charge in [-0.25, -0.2) is 0 Å². The van der Waals surface area contributed by atoms with Crippen LogP contribution in [-0.4, -0.2) is 17.4 Å². The Morgan fingerprint density at radius 3 is 2.10 bits per heavy atom. The van der Waals surface area contributed by atoms with Crippen LogP contribution in [0.4, 0.5) is 0 Å². The first-order chi connectivity index (χ1) is 4.52. The first-order valence-corrected chi connectivity index (χ1v) is 9.75. The van der Waals surface area contributed by atoms with Gasteiger partial charge in [0, 0.05) is 0 Å². The molecule has 0 bridgehead atoms. The minimum absolute atomic E-state index is 0.762. The summed E-state index contributed by atoms with van der Waals surface area (Å²) in [6.45, 7) is 11.4. The summed E-state index contributed by atoms with van der Waals surface area (Å²) in [4.78, 5) is 0. The van der Waals surface area contributed by atoms with Gasteiger partial charge in [0.05, 0.1) is 0 Å². The van der Waals surface area contributed by atoms with Gasteiger partial charge in [0.15, 0.2) is 17.4 Å². The van der Waals surface area contributed by atoms with Gasteiger partial charge in [0.1, 0.15) is 0 Å². The largest absolute Gasteiger partial charge is 0.458 e. The van der Waals surface area contributed by atoms with Crippen LogP contribution in [0.2, 0.25) is 31.7 Å². The van der Waals surface area contributed by atoms with Gasteiger partial charge in [-0.15, -0.1) is 0 Å². The molecule has 0 aliphatic carbocycles. The van der Waals surface area contributed by atoms with E-state index in [1.54, 1.807) is 0 Å². The van der Waals surface area contributed by atoms with E-state index in [9.17, 15) is 0 Å². The lowest BCUT2D eigenvalue weighted by Gasteiger charge is -2.25. The van der Waals surface area contributed by atoms with E-state index in [-0.39, 0.29) is 0 Å². The van der Waals surface area contributed by atoms with E-state index >= 15 is 0 Å². The van der Waals surface area contributed by atoms with Crippen LogP contribution < -0.4 is 0 Å². The van der Waals surface area contributed by atoms with Crippen molar-refractivity contribution in [1.29, 1.82) is 0 Å². The van der Waals surface area contributed by atoms with E-state index in [4.69, 9.17) is 4.12 Å². The highest BCUT2D eigenvalue weighted by molar-refractivity contribution is 6.77. The van der Waals surface area contributed by atoms with Crippen molar-refractivity contribution in [3.05, 3.63) is 0 Å². The first-order valence-electron chi connectivity index (χ1n) is 4.19. The van der Waals surface area contributed by atoms with E-state index < -0.39 is 17.4 Å². The van der Waals surface area contributed by atoms with Gasteiger partial charge in [-0.1, -0.05) is 13.8 Å². The monoisotopic (exact) mass is 176 g/mol. The van der Waals surface area contributed by atoms with Crippen LogP contribution in [0.5, 0.6) is 0 Å². The minimum Gasteiger partial charge on any atom is -0.458 e. The quantitative estimate of drug-likeness (QED) is 0.598. The number of hydrogen-bond acceptors (Lipinski definition) is 1. The zero-order valence-corrected chi connectivity index (χ0v) is 10.1. The van der Waals surface area contributed by atoms with Crippen molar-refractivity contribution in [2.24, 2.45) is 0 Å². The van der Waals surface area contributed by atoms with Crippen LogP contribution in [0.1, 0.15) is 13.8 Å². The maximum Gasteiger partial charge on any atom is 0.172 e. The SMILES string of the molecule is CC[SiH](C)O[Si](C)(C)CC. The topological polar surface area (TPSA) is 9.23 Å². The Balaban J connectivity index is 3.64. The van der Waals surface area contributed by atoms with Crippen LogP contribution >= 0.6 is 0 Å². The van der Waals surface area contributed by atoms with Crippen molar-refractivity contribution >= 4 is 17.4 Å². The number of hydrogen-bond donors (Lipinski definition) is 0. The van der Waals surface area contributed by atoms with Crippen LogP contribution in [0.3, 0.4) is 0 Å². The van der Waals surface area contributed by atoms with Gasteiger partial charge in [-0.05, 0) is 31.7 Å². The average molecular weight is 176 g/mol. The minimum atomic E-state index is -1.20. The normalized spacial score (nSPS) is 15.3. The van der Waals surface area contributed by atoms with Crippen molar-refractivity contribution < 1.29 is 4.12 Å². The molecule has 62 valence electrons. The molecule has 10 heavy (non-hydrogen) atoms. The van der Waals surface area contributed by atoms with Gasteiger partial charge >= 0.3 is 0 Å². The summed E-state index contributed by atoms with van der Waals surface area (Å²) >= 11 is 0. The molecule has 0 aromatic carbocycles. The van der Waals surface area contributed by atoms with Gasteiger partial charge in [0.25, 0.3) is 0 Å². The van der Waals surface area contributed by atoms with Crippen molar-refractivity contribution in [3.8, 4) is 0 Å². The molecular weight excluding hydrogens is 156 g/mol. The molecule has 0 fully saturated rings. The molecule has 0 spiro atoms. The van der Waals surface area contributed by atoms with Crippen molar-refractivity contribution in [1.82, 2.24) is 0 Å². The third kappa shape index (κ3) is 4.25. The van der Waals surface area contributed by atoms with Crippen LogP contribution in [0, 0.1) is 0 Å². The Morgan fingerprint density at radius 1 is 1.30 bits per heavy atom. The zero-order valence-electron chi connectivity index (χ0n) is 7.90. The van der Waals surface area contributed by atoms with Crippen molar-refractivity contribution in [2.75, 3.05) is 0 Å². The van der Waals surface area contributed by atoms with Crippen molar-refractivity contribution in [2.45, 2.75) is 45.6 Å². The lowest BCUT2D eigenvalue weighted by molar-refractivity contribution is 0.566. The van der Waals surface area contributed by atoms with Crippen molar-refractivity contribution in [3.63, 3.8) is 0 Å². The summed E-state index contributed by atoms with van der Waals surface area (Å²) in [5, 5.41) is 0. The smallest absolute Gasteiger partial charge is 0.172 e. The molecule has 3 heteroatoms. The summed E-state index contributed by atoms with van der Waals surface area (Å²) in [7, 11) is -1.96. The fourth-order valence-electron chi connectivity index (χ4n) is 0.711. The van der Waals surface area contributed by atoms with E-state index in [1.807, 2.05) is 0 Å².